The van der Waals surface area contributed by atoms with Gasteiger partial charge in [-0.15, -0.1) is 0 Å². The SMILES string of the molecule is Cc1cc(C(C)(C)C)ccc1OC[C@@H](O)Cn1nc(C)c([N+](=O)[O-])c1C. The van der Waals surface area contributed by atoms with Crippen LogP contribution in [0.2, 0.25) is 0 Å². The summed E-state index contributed by atoms with van der Waals surface area (Å²) in [6, 6.07) is 6.03. The number of aryl methyl sites for hydroxylation is 2. The third-order valence-electron chi connectivity index (χ3n) is 4.38. The van der Waals surface area contributed by atoms with Crippen LogP contribution in [0.1, 0.15) is 43.3 Å². The number of hydrogen-bond donors (Lipinski definition) is 1. The van der Waals surface area contributed by atoms with Crippen molar-refractivity contribution in [3.05, 3.63) is 50.8 Å². The van der Waals surface area contributed by atoms with Crippen LogP contribution in [0.25, 0.3) is 0 Å². The highest BCUT2D eigenvalue weighted by Crippen LogP contribution is 2.27. The van der Waals surface area contributed by atoms with Crippen LogP contribution in [0.5, 0.6) is 5.75 Å². The first-order valence-electron chi connectivity index (χ1n) is 8.61. The molecule has 1 heterocycles. The molecule has 0 amide bonds. The van der Waals surface area contributed by atoms with E-state index in [-0.39, 0.29) is 24.3 Å². The highest BCUT2D eigenvalue weighted by molar-refractivity contribution is 5.40. The molecule has 7 heteroatoms. The Morgan fingerprint density at radius 2 is 1.96 bits per heavy atom. The maximum absolute atomic E-state index is 11.1. The Hall–Kier alpha value is -2.41. The summed E-state index contributed by atoms with van der Waals surface area (Å²) in [7, 11) is 0. The van der Waals surface area contributed by atoms with Crippen molar-refractivity contribution in [1.82, 2.24) is 9.78 Å². The Morgan fingerprint density at radius 1 is 1.31 bits per heavy atom. The molecule has 1 aromatic carbocycles. The first-order chi connectivity index (χ1) is 12.0. The molecular weight excluding hydrogens is 334 g/mol. The zero-order chi connectivity index (χ0) is 19.6. The lowest BCUT2D eigenvalue weighted by atomic mass is 9.86. The van der Waals surface area contributed by atoms with Crippen molar-refractivity contribution in [3.63, 3.8) is 0 Å². The van der Waals surface area contributed by atoms with Crippen LogP contribution >= 0.6 is 0 Å². The van der Waals surface area contributed by atoms with E-state index in [2.05, 4.69) is 31.9 Å². The van der Waals surface area contributed by atoms with Crippen molar-refractivity contribution in [2.45, 2.75) is 59.6 Å². The van der Waals surface area contributed by atoms with Crippen LogP contribution in [-0.4, -0.2) is 32.5 Å². The number of aliphatic hydroxyl groups excluding tert-OH is 1. The molecule has 7 nitrogen and oxygen atoms in total. The first-order valence-corrected chi connectivity index (χ1v) is 8.61. The number of nitrogens with zero attached hydrogens (tertiary/aromatic N) is 3. The standard InChI is InChI=1S/C19H27N3O4/c1-12-9-15(19(4,5)6)7-8-17(12)26-11-16(23)10-21-14(3)18(22(24)25)13(2)20-21/h7-9,16,23H,10-11H2,1-6H3/t16-/m0/s1. The van der Waals surface area contributed by atoms with Gasteiger partial charge in [-0.2, -0.15) is 5.10 Å². The second-order valence-electron chi connectivity index (χ2n) is 7.65. The molecule has 26 heavy (non-hydrogen) atoms. The minimum Gasteiger partial charge on any atom is -0.491 e. The zero-order valence-corrected chi connectivity index (χ0v) is 16.2. The maximum Gasteiger partial charge on any atom is 0.312 e. The monoisotopic (exact) mass is 361 g/mol. The van der Waals surface area contributed by atoms with Gasteiger partial charge in [0.05, 0.1) is 11.5 Å². The molecule has 0 aliphatic heterocycles. The van der Waals surface area contributed by atoms with Gasteiger partial charge in [-0.25, -0.2) is 0 Å². The topological polar surface area (TPSA) is 90.4 Å². The van der Waals surface area contributed by atoms with E-state index in [4.69, 9.17) is 4.74 Å². The fraction of sp³-hybridized carbons (Fsp3) is 0.526. The van der Waals surface area contributed by atoms with E-state index in [1.807, 2.05) is 19.1 Å². The highest BCUT2D eigenvalue weighted by atomic mass is 16.6. The normalized spacial score (nSPS) is 12.9. The molecule has 1 atom stereocenters. The fourth-order valence-corrected chi connectivity index (χ4v) is 2.85. The van der Waals surface area contributed by atoms with Gasteiger partial charge in [0.1, 0.15) is 29.8 Å². The maximum atomic E-state index is 11.1. The van der Waals surface area contributed by atoms with Gasteiger partial charge in [0.2, 0.25) is 0 Å². The molecule has 0 saturated carbocycles. The Balaban J connectivity index is 2.03. The summed E-state index contributed by atoms with van der Waals surface area (Å²) in [5.74, 6) is 0.719. The van der Waals surface area contributed by atoms with Crippen LogP contribution in [0.3, 0.4) is 0 Å². The summed E-state index contributed by atoms with van der Waals surface area (Å²) in [5, 5.41) is 25.4. The summed E-state index contributed by atoms with van der Waals surface area (Å²) in [6.45, 7) is 11.9. The molecule has 142 valence electrons. The molecule has 0 aliphatic rings. The summed E-state index contributed by atoms with van der Waals surface area (Å²) in [4.78, 5) is 10.6. The highest BCUT2D eigenvalue weighted by Gasteiger charge is 2.23. The van der Waals surface area contributed by atoms with E-state index in [0.29, 0.717) is 11.4 Å². The van der Waals surface area contributed by atoms with Gasteiger partial charge in [-0.1, -0.05) is 32.9 Å². The van der Waals surface area contributed by atoms with E-state index in [1.54, 1.807) is 13.8 Å². The molecule has 0 fully saturated rings. The lowest BCUT2D eigenvalue weighted by Gasteiger charge is -2.21. The molecule has 2 aromatic rings. The molecule has 0 radical (unpaired) electrons. The molecule has 0 spiro atoms. The Labute approximate surface area is 153 Å². The van der Waals surface area contributed by atoms with Crippen LogP contribution < -0.4 is 4.74 Å². The number of hydrogen-bond acceptors (Lipinski definition) is 5. The molecule has 0 aliphatic carbocycles. The van der Waals surface area contributed by atoms with E-state index in [9.17, 15) is 15.2 Å². The van der Waals surface area contributed by atoms with Crippen LogP contribution in [0.4, 0.5) is 5.69 Å². The van der Waals surface area contributed by atoms with Gasteiger partial charge in [-0.3, -0.25) is 14.8 Å². The van der Waals surface area contributed by atoms with E-state index >= 15 is 0 Å². The van der Waals surface area contributed by atoms with Gasteiger partial charge in [-0.05, 0) is 43.4 Å². The quantitative estimate of drug-likeness (QED) is 0.628. The molecule has 0 unspecified atom stereocenters. The Bertz CT molecular complexity index is 806. The van der Waals surface area contributed by atoms with Gasteiger partial charge in [0, 0.05) is 0 Å². The largest absolute Gasteiger partial charge is 0.491 e. The van der Waals surface area contributed by atoms with Crippen molar-refractivity contribution in [3.8, 4) is 5.75 Å². The molecule has 1 N–H and O–H groups in total. The summed E-state index contributed by atoms with van der Waals surface area (Å²) in [6.07, 6.45) is -0.825. The average Bonchev–Trinajstić information content (AvgIpc) is 2.79. The number of aromatic nitrogens is 2. The zero-order valence-electron chi connectivity index (χ0n) is 16.2. The van der Waals surface area contributed by atoms with Crippen LogP contribution in [0.15, 0.2) is 18.2 Å². The Morgan fingerprint density at radius 3 is 2.46 bits per heavy atom. The van der Waals surface area contributed by atoms with Crippen molar-refractivity contribution in [2.24, 2.45) is 0 Å². The van der Waals surface area contributed by atoms with Gasteiger partial charge in [0.25, 0.3) is 0 Å². The van der Waals surface area contributed by atoms with Crippen LogP contribution in [-0.2, 0) is 12.0 Å². The van der Waals surface area contributed by atoms with Crippen molar-refractivity contribution < 1.29 is 14.8 Å². The van der Waals surface area contributed by atoms with E-state index in [0.717, 1.165) is 11.3 Å². The van der Waals surface area contributed by atoms with Gasteiger partial charge >= 0.3 is 5.69 Å². The minimum absolute atomic E-state index is 0.00766. The number of rotatable bonds is 6. The smallest absolute Gasteiger partial charge is 0.312 e. The molecule has 0 bridgehead atoms. The number of aliphatic hydroxyl groups is 1. The van der Waals surface area contributed by atoms with Crippen molar-refractivity contribution >= 4 is 5.69 Å². The molecule has 2 rings (SSSR count). The molecular formula is C19H27N3O4. The third-order valence-corrected chi connectivity index (χ3v) is 4.38. The predicted molar refractivity (Wildman–Crippen MR) is 99.7 cm³/mol. The second-order valence-corrected chi connectivity index (χ2v) is 7.65. The van der Waals surface area contributed by atoms with Gasteiger partial charge in [0.15, 0.2) is 0 Å². The molecule has 0 saturated heterocycles. The van der Waals surface area contributed by atoms with Crippen molar-refractivity contribution in [2.75, 3.05) is 6.61 Å². The summed E-state index contributed by atoms with van der Waals surface area (Å²) in [5.41, 5.74) is 3.05. The summed E-state index contributed by atoms with van der Waals surface area (Å²) >= 11 is 0. The van der Waals surface area contributed by atoms with E-state index in [1.165, 1.54) is 10.2 Å². The number of ether oxygens (including phenoxy) is 1. The van der Waals surface area contributed by atoms with E-state index < -0.39 is 11.0 Å². The third kappa shape index (κ3) is 4.40. The average molecular weight is 361 g/mol. The van der Waals surface area contributed by atoms with Gasteiger partial charge < -0.3 is 9.84 Å². The van der Waals surface area contributed by atoms with Crippen molar-refractivity contribution in [1.29, 1.82) is 0 Å². The first kappa shape index (κ1) is 19.9. The van der Waals surface area contributed by atoms with Crippen LogP contribution in [0, 0.1) is 30.9 Å². The number of benzene rings is 1. The predicted octanol–water partition coefficient (Wildman–Crippen LogP) is 3.45. The fourth-order valence-electron chi connectivity index (χ4n) is 2.85. The lowest BCUT2D eigenvalue weighted by Crippen LogP contribution is -2.25. The second kappa shape index (κ2) is 7.45. The Kier molecular flexibility index (Phi) is 5.71. The minimum atomic E-state index is -0.825. The lowest BCUT2D eigenvalue weighted by molar-refractivity contribution is -0.386. The summed E-state index contributed by atoms with van der Waals surface area (Å²) < 4.78 is 7.19. The molecule has 1 aromatic heterocycles. The number of nitro groups is 1.